The summed E-state index contributed by atoms with van der Waals surface area (Å²) in [6.07, 6.45) is 2.74. The Balaban J connectivity index is 2.41. The second kappa shape index (κ2) is 6.16. The second-order valence-corrected chi connectivity index (χ2v) is 6.29. The van der Waals surface area contributed by atoms with Crippen LogP contribution in [0.4, 0.5) is 0 Å². The number of amides is 1. The summed E-state index contributed by atoms with van der Waals surface area (Å²) in [7, 11) is -3.38. The summed E-state index contributed by atoms with van der Waals surface area (Å²) in [4.78, 5) is 15.8. The molecule has 0 bridgehead atoms. The predicted octanol–water partition coefficient (Wildman–Crippen LogP) is -0.446. The lowest BCUT2D eigenvalue weighted by Crippen LogP contribution is -2.45. The molecule has 7 nitrogen and oxygen atoms in total. The van der Waals surface area contributed by atoms with E-state index >= 15 is 0 Å². The molecule has 0 radical (unpaired) electrons. The average Bonchev–Trinajstić information content (AvgIpc) is 2.58. The Labute approximate surface area is 113 Å². The van der Waals surface area contributed by atoms with E-state index in [1.165, 1.54) is 6.92 Å². The summed E-state index contributed by atoms with van der Waals surface area (Å²) in [5.41, 5.74) is 2.01. The Morgan fingerprint density at radius 1 is 1.47 bits per heavy atom. The average molecular weight is 288 g/mol. The molecule has 0 aliphatic heterocycles. The molecule has 0 fully saturated rings. The van der Waals surface area contributed by atoms with Crippen molar-refractivity contribution in [3.63, 3.8) is 0 Å². The van der Waals surface area contributed by atoms with Gasteiger partial charge in [-0.15, -0.1) is 0 Å². The zero-order valence-electron chi connectivity index (χ0n) is 11.6. The van der Waals surface area contributed by atoms with Crippen molar-refractivity contribution in [3.8, 4) is 0 Å². The molecule has 0 aliphatic carbocycles. The van der Waals surface area contributed by atoms with Gasteiger partial charge in [-0.3, -0.25) is 4.79 Å². The molecule has 0 aliphatic rings. The summed E-state index contributed by atoms with van der Waals surface area (Å²) in [5.74, 6) is -0.347. The highest BCUT2D eigenvalue weighted by Crippen LogP contribution is 2.02. The fourth-order valence-corrected chi connectivity index (χ4v) is 2.35. The molecular weight excluding hydrogens is 268 g/mol. The minimum absolute atomic E-state index is 0.347. The van der Waals surface area contributed by atoms with Crippen LogP contribution in [0.3, 0.4) is 0 Å². The predicted molar refractivity (Wildman–Crippen MR) is 72.2 cm³/mol. The number of carbonyl (C=O) groups is 1. The first-order valence-electron chi connectivity index (χ1n) is 5.94. The molecule has 1 heterocycles. The van der Waals surface area contributed by atoms with Crippen LogP contribution in [0.2, 0.25) is 0 Å². The zero-order chi connectivity index (χ0) is 14.6. The molecule has 1 amide bonds. The number of nitrogens with zero attached hydrogens (tertiary/aromatic N) is 2. The van der Waals surface area contributed by atoms with Crippen LogP contribution >= 0.6 is 0 Å². The largest absolute Gasteiger partial charge is 0.353 e. The molecule has 8 heteroatoms. The summed E-state index contributed by atoms with van der Waals surface area (Å²) >= 11 is 0. The molecule has 0 saturated carbocycles. The molecule has 1 aromatic rings. The van der Waals surface area contributed by atoms with Crippen LogP contribution in [0.25, 0.3) is 0 Å². The number of hydrogen-bond acceptors (Lipinski definition) is 4. The number of nitrogens with one attached hydrogen (secondary N) is 2. The van der Waals surface area contributed by atoms with Crippen molar-refractivity contribution in [2.24, 2.45) is 0 Å². The van der Waals surface area contributed by atoms with Crippen molar-refractivity contribution in [2.75, 3.05) is 12.8 Å². The van der Waals surface area contributed by atoms with E-state index in [1.54, 1.807) is 6.33 Å². The molecule has 2 N–H and O–H groups in total. The van der Waals surface area contributed by atoms with E-state index < -0.39 is 16.1 Å². The van der Waals surface area contributed by atoms with Crippen molar-refractivity contribution in [2.45, 2.75) is 33.4 Å². The van der Waals surface area contributed by atoms with E-state index in [1.807, 2.05) is 18.4 Å². The fraction of sp³-hybridized carbons (Fsp3) is 0.636. The van der Waals surface area contributed by atoms with Gasteiger partial charge >= 0.3 is 0 Å². The number of aromatic nitrogens is 2. The lowest BCUT2D eigenvalue weighted by molar-refractivity contribution is -0.122. The van der Waals surface area contributed by atoms with Gasteiger partial charge in [-0.05, 0) is 20.8 Å². The second-order valence-electron chi connectivity index (χ2n) is 4.51. The quantitative estimate of drug-likeness (QED) is 0.742. The highest BCUT2D eigenvalue weighted by atomic mass is 32.2. The van der Waals surface area contributed by atoms with E-state index in [0.29, 0.717) is 13.1 Å². The molecule has 0 spiro atoms. The van der Waals surface area contributed by atoms with Gasteiger partial charge in [-0.25, -0.2) is 18.1 Å². The lowest BCUT2D eigenvalue weighted by Gasteiger charge is -2.13. The van der Waals surface area contributed by atoms with Gasteiger partial charge in [-0.2, -0.15) is 0 Å². The van der Waals surface area contributed by atoms with Crippen molar-refractivity contribution in [3.05, 3.63) is 17.7 Å². The first kappa shape index (κ1) is 15.6. The number of imidazole rings is 1. The van der Waals surface area contributed by atoms with Gasteiger partial charge in [0.1, 0.15) is 0 Å². The highest BCUT2D eigenvalue weighted by molar-refractivity contribution is 7.88. The Morgan fingerprint density at radius 2 is 2.11 bits per heavy atom. The topological polar surface area (TPSA) is 93.1 Å². The Hall–Kier alpha value is -1.41. The van der Waals surface area contributed by atoms with Crippen molar-refractivity contribution < 1.29 is 13.2 Å². The molecule has 108 valence electrons. The maximum absolute atomic E-state index is 11.6. The molecule has 0 unspecified atom stereocenters. The summed E-state index contributed by atoms with van der Waals surface area (Å²) in [5, 5.41) is 2.68. The van der Waals surface area contributed by atoms with E-state index in [-0.39, 0.29) is 5.91 Å². The minimum Gasteiger partial charge on any atom is -0.353 e. The third-order valence-corrected chi connectivity index (χ3v) is 3.56. The lowest BCUT2D eigenvalue weighted by atomic mass is 10.3. The van der Waals surface area contributed by atoms with Gasteiger partial charge < -0.3 is 9.88 Å². The van der Waals surface area contributed by atoms with Crippen LogP contribution in [0, 0.1) is 13.8 Å². The molecular formula is C11H20N4O3S. The first-order valence-corrected chi connectivity index (χ1v) is 7.83. The van der Waals surface area contributed by atoms with Crippen LogP contribution in [-0.4, -0.2) is 42.7 Å². The third kappa shape index (κ3) is 4.99. The van der Waals surface area contributed by atoms with Crippen molar-refractivity contribution >= 4 is 15.9 Å². The van der Waals surface area contributed by atoms with E-state index in [4.69, 9.17) is 0 Å². The molecule has 1 atom stereocenters. The van der Waals surface area contributed by atoms with Gasteiger partial charge in [0.05, 0.1) is 24.3 Å². The maximum atomic E-state index is 11.6. The Morgan fingerprint density at radius 3 is 2.58 bits per heavy atom. The molecule has 1 aromatic heterocycles. The Kier molecular flexibility index (Phi) is 5.07. The van der Waals surface area contributed by atoms with Crippen molar-refractivity contribution in [1.82, 2.24) is 19.6 Å². The van der Waals surface area contributed by atoms with Gasteiger partial charge in [-0.1, -0.05) is 0 Å². The zero-order valence-corrected chi connectivity index (χ0v) is 12.4. The molecule has 0 aromatic carbocycles. The molecule has 19 heavy (non-hydrogen) atoms. The number of rotatable bonds is 6. The van der Waals surface area contributed by atoms with Gasteiger partial charge in [0.15, 0.2) is 0 Å². The van der Waals surface area contributed by atoms with Crippen molar-refractivity contribution in [1.29, 1.82) is 0 Å². The fourth-order valence-electron chi connectivity index (χ4n) is 1.60. The summed E-state index contributed by atoms with van der Waals surface area (Å²) in [6, 6.07) is -0.777. The van der Waals surface area contributed by atoms with Crippen LogP contribution in [0.5, 0.6) is 0 Å². The number of carbonyl (C=O) groups excluding carboxylic acids is 1. The summed E-state index contributed by atoms with van der Waals surface area (Å²) in [6.45, 7) is 6.40. The third-order valence-electron chi connectivity index (χ3n) is 2.78. The van der Waals surface area contributed by atoms with Crippen LogP contribution in [0.15, 0.2) is 6.33 Å². The van der Waals surface area contributed by atoms with E-state index in [0.717, 1.165) is 17.6 Å². The highest BCUT2D eigenvalue weighted by Gasteiger charge is 2.16. The van der Waals surface area contributed by atoms with Crippen LogP contribution in [-0.2, 0) is 21.4 Å². The Bertz CT molecular complexity index is 550. The van der Waals surface area contributed by atoms with Gasteiger partial charge in [0.25, 0.3) is 0 Å². The minimum atomic E-state index is -3.38. The van der Waals surface area contributed by atoms with E-state index in [2.05, 4.69) is 15.0 Å². The van der Waals surface area contributed by atoms with Gasteiger partial charge in [0, 0.05) is 18.8 Å². The molecule has 1 rings (SSSR count). The smallest absolute Gasteiger partial charge is 0.237 e. The molecule has 0 saturated heterocycles. The first-order chi connectivity index (χ1) is 8.70. The van der Waals surface area contributed by atoms with E-state index in [9.17, 15) is 13.2 Å². The number of aryl methyl sites for hydroxylation is 1. The standard InChI is InChI=1S/C11H20N4O3S/c1-8-10(3)15(7-13-8)6-5-12-11(16)9(2)14-19(4,17)18/h7,9,14H,5-6H2,1-4H3,(H,12,16)/t9-/m0/s1. The maximum Gasteiger partial charge on any atom is 0.237 e. The number of hydrogen-bond donors (Lipinski definition) is 2. The van der Waals surface area contributed by atoms with Crippen LogP contribution < -0.4 is 10.0 Å². The normalized spacial score (nSPS) is 13.3. The van der Waals surface area contributed by atoms with Crippen LogP contribution in [0.1, 0.15) is 18.3 Å². The SMILES string of the molecule is Cc1ncn(CCNC(=O)[C@H](C)NS(C)(=O)=O)c1C. The number of sulfonamides is 1. The monoisotopic (exact) mass is 288 g/mol. The summed E-state index contributed by atoms with van der Waals surface area (Å²) < 4.78 is 26.1. The van der Waals surface area contributed by atoms with Gasteiger partial charge in [0.2, 0.25) is 15.9 Å².